The van der Waals surface area contributed by atoms with Crippen LogP contribution in [0.5, 0.6) is 11.6 Å². The zero-order valence-corrected chi connectivity index (χ0v) is 14.1. The largest absolute Gasteiger partial charge is 0.494 e. The number of nitrogens with zero attached hydrogens (tertiary/aromatic N) is 4. The van der Waals surface area contributed by atoms with Gasteiger partial charge in [0.1, 0.15) is 5.75 Å². The maximum atomic E-state index is 5.65. The Morgan fingerprint density at radius 3 is 2.39 bits per heavy atom. The average Bonchev–Trinajstić information content (AvgIpc) is 2.84. The van der Waals surface area contributed by atoms with Crippen molar-refractivity contribution in [1.82, 2.24) is 9.78 Å². The van der Waals surface area contributed by atoms with E-state index in [1.165, 1.54) is 4.68 Å². The van der Waals surface area contributed by atoms with Gasteiger partial charge in [0.15, 0.2) is 10.8 Å². The van der Waals surface area contributed by atoms with Crippen molar-refractivity contribution in [3.8, 4) is 11.6 Å². The Morgan fingerprint density at radius 1 is 1.17 bits per heavy atom. The Bertz CT molecular complexity index is 709. The van der Waals surface area contributed by atoms with Crippen molar-refractivity contribution in [3.63, 3.8) is 0 Å². The number of thiocarbonyl (C=S) groups is 1. The Labute approximate surface area is 140 Å². The summed E-state index contributed by atoms with van der Waals surface area (Å²) in [6.07, 6.45) is 0. The minimum atomic E-state index is 0.0964. The summed E-state index contributed by atoms with van der Waals surface area (Å²) in [6.45, 7) is 6.66. The van der Waals surface area contributed by atoms with Crippen LogP contribution in [0.1, 0.15) is 19.5 Å². The van der Waals surface area contributed by atoms with E-state index in [-0.39, 0.29) is 5.11 Å². The van der Waals surface area contributed by atoms with Crippen LogP contribution in [0, 0.1) is 6.92 Å². The summed E-state index contributed by atoms with van der Waals surface area (Å²) in [5.41, 5.74) is 7.48. The molecule has 2 rings (SSSR count). The Kier molecular flexibility index (Phi) is 5.64. The van der Waals surface area contributed by atoms with E-state index >= 15 is 0 Å². The van der Waals surface area contributed by atoms with Crippen molar-refractivity contribution in [2.75, 3.05) is 13.2 Å². The fourth-order valence-electron chi connectivity index (χ4n) is 1.91. The number of benzene rings is 1. The molecule has 0 aliphatic carbocycles. The zero-order chi connectivity index (χ0) is 16.8. The maximum absolute atomic E-state index is 5.65. The van der Waals surface area contributed by atoms with E-state index in [9.17, 15) is 0 Å². The minimum Gasteiger partial charge on any atom is -0.494 e. The molecule has 122 valence electrons. The van der Waals surface area contributed by atoms with E-state index in [1.807, 2.05) is 38.1 Å². The number of hydrogen-bond donors (Lipinski definition) is 1. The van der Waals surface area contributed by atoms with Crippen LogP contribution in [-0.2, 0) is 0 Å². The second-order valence-electron chi connectivity index (χ2n) is 4.55. The molecule has 1 aromatic carbocycles. The molecule has 0 atom stereocenters. The van der Waals surface area contributed by atoms with Gasteiger partial charge in [0.05, 0.1) is 24.6 Å². The molecule has 0 saturated heterocycles. The summed E-state index contributed by atoms with van der Waals surface area (Å²) in [7, 11) is 0. The lowest BCUT2D eigenvalue weighted by atomic mass is 10.3. The minimum absolute atomic E-state index is 0.0964. The first-order valence-electron chi connectivity index (χ1n) is 7.23. The van der Waals surface area contributed by atoms with Gasteiger partial charge in [-0.25, -0.2) is 0 Å². The molecule has 0 unspecified atom stereocenters. The van der Waals surface area contributed by atoms with Gasteiger partial charge in [-0.3, -0.25) is 0 Å². The molecule has 23 heavy (non-hydrogen) atoms. The van der Waals surface area contributed by atoms with Gasteiger partial charge in [0.25, 0.3) is 0 Å². The highest BCUT2D eigenvalue weighted by atomic mass is 32.1. The summed E-state index contributed by atoms with van der Waals surface area (Å²) in [5, 5.41) is 12.8. The molecule has 0 bridgehead atoms. The molecular weight excluding hydrogens is 314 g/mol. The number of azo groups is 1. The monoisotopic (exact) mass is 333 g/mol. The van der Waals surface area contributed by atoms with Crippen molar-refractivity contribution >= 4 is 28.7 Å². The van der Waals surface area contributed by atoms with Crippen LogP contribution in [0.2, 0.25) is 0 Å². The van der Waals surface area contributed by atoms with E-state index in [4.69, 9.17) is 27.4 Å². The molecule has 1 aromatic heterocycles. The zero-order valence-electron chi connectivity index (χ0n) is 13.3. The fourth-order valence-corrected chi connectivity index (χ4v) is 2.04. The van der Waals surface area contributed by atoms with Gasteiger partial charge < -0.3 is 15.2 Å². The number of aryl methyl sites for hydroxylation is 1. The molecule has 8 heteroatoms. The van der Waals surface area contributed by atoms with Crippen LogP contribution < -0.4 is 15.2 Å². The van der Waals surface area contributed by atoms with Crippen LogP contribution in [0.15, 0.2) is 34.5 Å². The van der Waals surface area contributed by atoms with Gasteiger partial charge in [-0.2, -0.15) is 14.9 Å². The van der Waals surface area contributed by atoms with Gasteiger partial charge in [-0.05, 0) is 57.3 Å². The SMILES string of the molecule is CCOc1ccc(N=Nc2c(C)nn(C(N)=S)c2OCC)cc1. The van der Waals surface area contributed by atoms with Gasteiger partial charge in [0, 0.05) is 0 Å². The first-order valence-corrected chi connectivity index (χ1v) is 7.64. The third-order valence-electron chi connectivity index (χ3n) is 2.89. The highest BCUT2D eigenvalue weighted by Gasteiger charge is 2.18. The van der Waals surface area contributed by atoms with Gasteiger partial charge >= 0.3 is 0 Å². The first kappa shape index (κ1) is 16.9. The number of aromatic nitrogens is 2. The third-order valence-corrected chi connectivity index (χ3v) is 3.06. The molecule has 7 nitrogen and oxygen atoms in total. The molecule has 1 heterocycles. The molecule has 0 spiro atoms. The Hall–Kier alpha value is -2.48. The topological polar surface area (TPSA) is 87.0 Å². The van der Waals surface area contributed by atoms with E-state index in [0.717, 1.165) is 5.75 Å². The summed E-state index contributed by atoms with van der Waals surface area (Å²) in [5.74, 6) is 1.19. The predicted octanol–water partition coefficient (Wildman–Crippen LogP) is 3.50. The highest BCUT2D eigenvalue weighted by Crippen LogP contribution is 2.33. The van der Waals surface area contributed by atoms with Crippen LogP contribution in [0.25, 0.3) is 0 Å². The summed E-state index contributed by atoms with van der Waals surface area (Å²) in [6, 6.07) is 7.32. The second kappa shape index (κ2) is 7.68. The van der Waals surface area contributed by atoms with Gasteiger partial charge in [-0.1, -0.05) is 0 Å². The molecule has 0 saturated carbocycles. The van der Waals surface area contributed by atoms with E-state index in [0.29, 0.717) is 36.2 Å². The molecule has 0 fully saturated rings. The second-order valence-corrected chi connectivity index (χ2v) is 4.97. The standard InChI is InChI=1S/C15H19N5O2S/c1-4-21-12-8-6-11(7-9-12)17-18-13-10(3)19-20(15(16)23)14(13)22-5-2/h6-9H,4-5H2,1-3H3,(H2,16,23). The average molecular weight is 333 g/mol. The van der Waals surface area contributed by atoms with E-state index in [1.54, 1.807) is 6.92 Å². The number of rotatable bonds is 6. The first-order chi connectivity index (χ1) is 11.1. The smallest absolute Gasteiger partial charge is 0.247 e. The predicted molar refractivity (Wildman–Crippen MR) is 92.1 cm³/mol. The lowest BCUT2D eigenvalue weighted by Crippen LogP contribution is -2.21. The maximum Gasteiger partial charge on any atom is 0.247 e. The molecule has 0 aliphatic heterocycles. The highest BCUT2D eigenvalue weighted by molar-refractivity contribution is 7.80. The summed E-state index contributed by atoms with van der Waals surface area (Å²) < 4.78 is 12.3. The van der Waals surface area contributed by atoms with Crippen molar-refractivity contribution in [2.45, 2.75) is 20.8 Å². The molecule has 2 aromatic rings. The fraction of sp³-hybridized carbons (Fsp3) is 0.333. The van der Waals surface area contributed by atoms with Crippen molar-refractivity contribution in [1.29, 1.82) is 0 Å². The number of hydrogen-bond acceptors (Lipinski definition) is 6. The van der Waals surface area contributed by atoms with Gasteiger partial charge in [0.2, 0.25) is 5.88 Å². The summed E-state index contributed by atoms with van der Waals surface area (Å²) in [4.78, 5) is 0. The molecule has 2 N–H and O–H groups in total. The lowest BCUT2D eigenvalue weighted by molar-refractivity contribution is 0.320. The molecular formula is C15H19N5O2S. The van der Waals surface area contributed by atoms with Crippen LogP contribution >= 0.6 is 12.2 Å². The third kappa shape index (κ3) is 4.04. The van der Waals surface area contributed by atoms with Crippen molar-refractivity contribution < 1.29 is 9.47 Å². The van der Waals surface area contributed by atoms with Crippen molar-refractivity contribution in [2.24, 2.45) is 16.0 Å². The Balaban J connectivity index is 2.29. The van der Waals surface area contributed by atoms with E-state index in [2.05, 4.69) is 15.3 Å². The quantitative estimate of drug-likeness (QED) is 0.646. The lowest BCUT2D eigenvalue weighted by Gasteiger charge is -2.05. The van der Waals surface area contributed by atoms with Gasteiger partial charge in [-0.15, -0.1) is 5.11 Å². The van der Waals surface area contributed by atoms with Crippen LogP contribution in [0.4, 0.5) is 11.4 Å². The number of nitrogens with two attached hydrogens (primary N) is 1. The van der Waals surface area contributed by atoms with Crippen LogP contribution in [0.3, 0.4) is 0 Å². The number of ether oxygens (including phenoxy) is 2. The Morgan fingerprint density at radius 2 is 1.83 bits per heavy atom. The molecule has 0 radical (unpaired) electrons. The van der Waals surface area contributed by atoms with E-state index < -0.39 is 0 Å². The molecule has 0 aliphatic rings. The summed E-state index contributed by atoms with van der Waals surface area (Å²) >= 11 is 4.97. The normalized spacial score (nSPS) is 10.9. The molecule has 0 amide bonds. The van der Waals surface area contributed by atoms with Crippen molar-refractivity contribution in [3.05, 3.63) is 30.0 Å². The van der Waals surface area contributed by atoms with Crippen LogP contribution in [-0.4, -0.2) is 28.1 Å².